The Hall–Kier alpha value is -4.07. The van der Waals surface area contributed by atoms with Crippen molar-refractivity contribution in [3.05, 3.63) is 0 Å². The summed E-state index contributed by atoms with van der Waals surface area (Å²) in [5, 5.41) is 10.9. The topological polar surface area (TPSA) is 258 Å². The number of aliphatic hydroxyl groups is 1. The number of carbonyl (C=O) groups is 7. The number of aliphatic hydroxyl groups excluding tert-OH is 1. The Balaban J connectivity index is 2.59. The van der Waals surface area contributed by atoms with Gasteiger partial charge in [-0.1, -0.05) is 0 Å². The van der Waals surface area contributed by atoms with Crippen molar-refractivity contribution in [2.75, 3.05) is 13.2 Å². The van der Waals surface area contributed by atoms with Crippen molar-refractivity contribution in [2.45, 2.75) is 103 Å². The minimum absolute atomic E-state index is 0.548. The summed E-state index contributed by atoms with van der Waals surface area (Å²) in [7, 11) is 0. The van der Waals surface area contributed by atoms with E-state index < -0.39 is 117 Å². The Bertz CT molecular complexity index is 1090. The minimum Gasteiger partial charge on any atom is -0.463 e. The summed E-state index contributed by atoms with van der Waals surface area (Å²) in [6.07, 6.45) is -18.2. The molecule has 0 aliphatic carbocycles. The predicted octanol–water partition coefficient (Wildman–Crippen LogP) is -1.87. The molecule has 19 nitrogen and oxygen atoms in total. The van der Waals surface area contributed by atoms with E-state index >= 15 is 0 Å². The van der Waals surface area contributed by atoms with E-state index in [2.05, 4.69) is 0 Å². The van der Waals surface area contributed by atoms with Gasteiger partial charge in [-0.05, 0) is 0 Å². The lowest BCUT2D eigenvalue weighted by Gasteiger charge is -2.47. The molecule has 1 amide bonds. The zero-order chi connectivity index (χ0) is 33.3. The summed E-state index contributed by atoms with van der Waals surface area (Å²) in [6.45, 7) is 5.00. The summed E-state index contributed by atoms with van der Waals surface area (Å²) < 4.78 is 53.4. The highest BCUT2D eigenvalue weighted by Crippen LogP contribution is 2.34. The van der Waals surface area contributed by atoms with Crippen molar-refractivity contribution < 1.29 is 86.0 Å². The molecule has 2 unspecified atom stereocenters. The second-order valence-corrected chi connectivity index (χ2v) is 9.51. The lowest BCUT2D eigenvalue weighted by molar-refractivity contribution is -0.362. The van der Waals surface area contributed by atoms with E-state index in [0.717, 1.165) is 41.5 Å². The standard InChI is InChI=1S/C25H35NO18/c1-9(27)35-7-15-17(37-11(3)29)19(39-13(5)31)21(23(33)41-15)43-24-22(40-14(6)32)20(44-25(26)34)18(38-12(4)30)16(42-24)8-36-10(2)28/h15-24,33H,7-8H2,1-6H3,(H2,26,34)/t15-,16+,17-,18+,19-,20-,21-,22?,23?,24+/m0/s1. The third-order valence-corrected chi connectivity index (χ3v) is 5.85. The van der Waals surface area contributed by atoms with Crippen molar-refractivity contribution in [1.82, 2.24) is 0 Å². The van der Waals surface area contributed by atoms with E-state index in [9.17, 15) is 38.7 Å². The summed E-state index contributed by atoms with van der Waals surface area (Å²) in [5.41, 5.74) is 5.22. The third kappa shape index (κ3) is 10.6. The normalized spacial score (nSPS) is 31.4. The van der Waals surface area contributed by atoms with Crippen LogP contribution >= 0.6 is 0 Å². The van der Waals surface area contributed by atoms with Gasteiger partial charge in [0.2, 0.25) is 0 Å². The van der Waals surface area contributed by atoms with Crippen LogP contribution in [0.3, 0.4) is 0 Å². The highest BCUT2D eigenvalue weighted by molar-refractivity contribution is 5.69. The van der Waals surface area contributed by atoms with E-state index in [0.29, 0.717) is 0 Å². The average molecular weight is 638 g/mol. The zero-order valence-electron chi connectivity index (χ0n) is 24.7. The SMILES string of the molecule is CC(=O)OC[C@@H]1OC(O)[C@@H](O[C@H]2O[C@H](COC(C)=O)[C@@H](OC(C)=O)[C@H](OC(N)=O)C2OC(C)=O)[C@@H](OC(C)=O)[C@H]1OC(C)=O. The van der Waals surface area contributed by atoms with Gasteiger partial charge in [-0.25, -0.2) is 4.79 Å². The second kappa shape index (κ2) is 16.1. The Morgan fingerprint density at radius 2 is 0.932 bits per heavy atom. The molecule has 0 radical (unpaired) electrons. The van der Waals surface area contributed by atoms with Crippen LogP contribution in [0.25, 0.3) is 0 Å². The van der Waals surface area contributed by atoms with Gasteiger partial charge in [0.1, 0.15) is 25.4 Å². The average Bonchev–Trinajstić information content (AvgIpc) is 2.87. The molecule has 3 N–H and O–H groups in total. The third-order valence-electron chi connectivity index (χ3n) is 5.85. The molecule has 44 heavy (non-hydrogen) atoms. The molecule has 2 aliphatic rings. The molecular weight excluding hydrogens is 602 g/mol. The van der Waals surface area contributed by atoms with Gasteiger partial charge in [-0.2, -0.15) is 0 Å². The number of hydrogen-bond donors (Lipinski definition) is 2. The van der Waals surface area contributed by atoms with Crippen molar-refractivity contribution in [3.8, 4) is 0 Å². The molecule has 19 heteroatoms. The van der Waals surface area contributed by atoms with Crippen LogP contribution in [0.5, 0.6) is 0 Å². The Kier molecular flexibility index (Phi) is 13.2. The monoisotopic (exact) mass is 637 g/mol. The van der Waals surface area contributed by atoms with Gasteiger partial charge >= 0.3 is 41.9 Å². The van der Waals surface area contributed by atoms with Crippen LogP contribution in [0, 0.1) is 0 Å². The van der Waals surface area contributed by atoms with Gasteiger partial charge < -0.3 is 58.2 Å². The molecule has 2 heterocycles. The number of carbonyl (C=O) groups excluding carboxylic acids is 7. The molecule has 2 aliphatic heterocycles. The first-order valence-electron chi connectivity index (χ1n) is 13.1. The van der Waals surface area contributed by atoms with E-state index in [1.165, 1.54) is 0 Å². The maximum absolute atomic E-state index is 12.1. The number of esters is 6. The highest BCUT2D eigenvalue weighted by atomic mass is 16.8. The van der Waals surface area contributed by atoms with Crippen LogP contribution in [0.15, 0.2) is 0 Å². The number of hydrogen-bond acceptors (Lipinski definition) is 18. The highest BCUT2D eigenvalue weighted by Gasteiger charge is 2.57. The predicted molar refractivity (Wildman–Crippen MR) is 134 cm³/mol. The number of primary amides is 1. The largest absolute Gasteiger partial charge is 0.463 e. The first-order valence-corrected chi connectivity index (χ1v) is 13.1. The van der Waals surface area contributed by atoms with Crippen LogP contribution in [0.1, 0.15) is 41.5 Å². The van der Waals surface area contributed by atoms with E-state index in [1.54, 1.807) is 0 Å². The van der Waals surface area contributed by atoms with E-state index in [4.69, 9.17) is 53.1 Å². The van der Waals surface area contributed by atoms with Crippen LogP contribution < -0.4 is 5.73 Å². The first kappa shape index (κ1) is 36.1. The Labute approximate surface area is 250 Å². The quantitative estimate of drug-likeness (QED) is 0.186. The summed E-state index contributed by atoms with van der Waals surface area (Å²) >= 11 is 0. The minimum atomic E-state index is -2.01. The Morgan fingerprint density at radius 1 is 0.545 bits per heavy atom. The van der Waals surface area contributed by atoms with Gasteiger partial charge in [0.05, 0.1) is 0 Å². The van der Waals surface area contributed by atoms with Gasteiger partial charge in [-0.15, -0.1) is 0 Å². The van der Waals surface area contributed by atoms with Crippen LogP contribution in [0.2, 0.25) is 0 Å². The molecule has 0 aromatic rings. The van der Waals surface area contributed by atoms with Gasteiger partial charge in [0, 0.05) is 41.5 Å². The summed E-state index contributed by atoms with van der Waals surface area (Å²) in [6, 6.07) is 0. The Morgan fingerprint density at radius 3 is 1.34 bits per heavy atom. The molecule has 2 fully saturated rings. The fourth-order valence-electron chi connectivity index (χ4n) is 4.43. The lowest BCUT2D eigenvalue weighted by Crippen LogP contribution is -2.67. The molecule has 0 aromatic carbocycles. The van der Waals surface area contributed by atoms with Crippen molar-refractivity contribution in [1.29, 1.82) is 0 Å². The molecule has 0 spiro atoms. The smallest absolute Gasteiger partial charge is 0.405 e. The molecule has 248 valence electrons. The molecule has 0 aromatic heterocycles. The molecule has 0 bridgehead atoms. The lowest BCUT2D eigenvalue weighted by atomic mass is 9.96. The van der Waals surface area contributed by atoms with Crippen molar-refractivity contribution >= 4 is 41.9 Å². The molecular formula is C25H35NO18. The molecule has 0 saturated carbocycles. The van der Waals surface area contributed by atoms with Crippen LogP contribution in [0.4, 0.5) is 4.79 Å². The molecule has 10 atom stereocenters. The number of nitrogens with two attached hydrogens (primary N) is 1. The number of amides is 1. The molecule has 2 saturated heterocycles. The van der Waals surface area contributed by atoms with E-state index in [-0.39, 0.29) is 0 Å². The fourth-order valence-corrected chi connectivity index (χ4v) is 4.43. The van der Waals surface area contributed by atoms with E-state index in [1.807, 2.05) is 0 Å². The van der Waals surface area contributed by atoms with Crippen molar-refractivity contribution in [3.63, 3.8) is 0 Å². The van der Waals surface area contributed by atoms with Crippen LogP contribution in [-0.2, 0) is 76.1 Å². The van der Waals surface area contributed by atoms with Crippen LogP contribution in [-0.4, -0.2) is 122 Å². The second-order valence-electron chi connectivity index (χ2n) is 9.51. The number of rotatable bonds is 11. The maximum atomic E-state index is 12.1. The fraction of sp³-hybridized carbons (Fsp3) is 0.720. The van der Waals surface area contributed by atoms with Gasteiger partial charge in [0.25, 0.3) is 0 Å². The molecule has 2 rings (SSSR count). The van der Waals surface area contributed by atoms with Crippen molar-refractivity contribution in [2.24, 2.45) is 5.73 Å². The number of ether oxygens (including phenoxy) is 10. The summed E-state index contributed by atoms with van der Waals surface area (Å²) in [5.74, 6) is -5.21. The van der Waals surface area contributed by atoms with Gasteiger partial charge in [0.15, 0.2) is 49.2 Å². The summed E-state index contributed by atoms with van der Waals surface area (Å²) in [4.78, 5) is 82.9. The maximum Gasteiger partial charge on any atom is 0.405 e. The van der Waals surface area contributed by atoms with Gasteiger partial charge in [-0.3, -0.25) is 28.8 Å². The zero-order valence-corrected chi connectivity index (χ0v) is 24.7. The first-order chi connectivity index (χ1) is 20.5.